The number of hydrogen-bond acceptors (Lipinski definition) is 3. The van der Waals surface area contributed by atoms with Crippen LogP contribution < -0.4 is 5.32 Å². The highest BCUT2D eigenvalue weighted by Gasteiger charge is 2.07. The second kappa shape index (κ2) is 5.65. The summed E-state index contributed by atoms with van der Waals surface area (Å²) < 4.78 is 1.68. The van der Waals surface area contributed by atoms with E-state index in [2.05, 4.69) is 29.2 Å². The van der Waals surface area contributed by atoms with E-state index >= 15 is 0 Å². The minimum atomic E-state index is -0.0820. The SMILES string of the molecule is CC(C)c1ccnc(NC(=O)Cc2cnn(C)c2)c1. The molecule has 2 heterocycles. The van der Waals surface area contributed by atoms with E-state index in [1.165, 1.54) is 0 Å². The number of nitrogens with one attached hydrogen (secondary N) is 1. The highest BCUT2D eigenvalue weighted by molar-refractivity contribution is 5.91. The molecule has 5 heteroatoms. The van der Waals surface area contributed by atoms with Gasteiger partial charge in [0.1, 0.15) is 5.82 Å². The molecule has 0 saturated heterocycles. The Morgan fingerprint density at radius 1 is 1.47 bits per heavy atom. The lowest BCUT2D eigenvalue weighted by molar-refractivity contribution is -0.115. The Bertz CT molecular complexity index is 574. The van der Waals surface area contributed by atoms with Crippen molar-refractivity contribution in [3.05, 3.63) is 41.9 Å². The lowest BCUT2D eigenvalue weighted by Gasteiger charge is -2.08. The predicted molar refractivity (Wildman–Crippen MR) is 73.9 cm³/mol. The molecule has 100 valence electrons. The van der Waals surface area contributed by atoms with Crippen LogP contribution in [0.25, 0.3) is 0 Å². The normalized spacial score (nSPS) is 10.7. The highest BCUT2D eigenvalue weighted by atomic mass is 16.1. The van der Waals surface area contributed by atoms with Crippen LogP contribution in [0.2, 0.25) is 0 Å². The predicted octanol–water partition coefficient (Wildman–Crippen LogP) is 2.12. The van der Waals surface area contributed by atoms with Crippen LogP contribution >= 0.6 is 0 Å². The first-order chi connectivity index (χ1) is 9.04. The second-order valence-corrected chi connectivity index (χ2v) is 4.88. The van der Waals surface area contributed by atoms with Crippen molar-refractivity contribution in [2.24, 2.45) is 7.05 Å². The molecule has 2 aromatic rings. The Morgan fingerprint density at radius 3 is 2.89 bits per heavy atom. The van der Waals surface area contributed by atoms with E-state index in [4.69, 9.17) is 0 Å². The van der Waals surface area contributed by atoms with Crippen molar-refractivity contribution >= 4 is 11.7 Å². The number of nitrogens with zero attached hydrogens (tertiary/aromatic N) is 3. The number of pyridine rings is 1. The average Bonchev–Trinajstić information content (AvgIpc) is 2.74. The maximum atomic E-state index is 11.9. The highest BCUT2D eigenvalue weighted by Crippen LogP contribution is 2.16. The molecule has 0 aliphatic rings. The zero-order valence-electron chi connectivity index (χ0n) is 11.4. The Kier molecular flexibility index (Phi) is 3.94. The van der Waals surface area contributed by atoms with Gasteiger partial charge in [-0.05, 0) is 29.2 Å². The fraction of sp³-hybridized carbons (Fsp3) is 0.357. The van der Waals surface area contributed by atoms with Crippen molar-refractivity contribution in [1.29, 1.82) is 0 Å². The Labute approximate surface area is 112 Å². The molecule has 5 nitrogen and oxygen atoms in total. The molecule has 0 fully saturated rings. The summed E-state index contributed by atoms with van der Waals surface area (Å²) in [6, 6.07) is 3.87. The van der Waals surface area contributed by atoms with Gasteiger partial charge in [-0.1, -0.05) is 13.8 Å². The molecule has 2 rings (SSSR count). The topological polar surface area (TPSA) is 59.8 Å². The number of rotatable bonds is 4. The molecule has 0 atom stereocenters. The van der Waals surface area contributed by atoms with Crippen molar-refractivity contribution < 1.29 is 4.79 Å². The maximum Gasteiger partial charge on any atom is 0.230 e. The van der Waals surface area contributed by atoms with Gasteiger partial charge in [0.25, 0.3) is 0 Å². The number of anilines is 1. The molecule has 0 aromatic carbocycles. The zero-order chi connectivity index (χ0) is 13.8. The molecule has 0 spiro atoms. The molecule has 1 N–H and O–H groups in total. The first kappa shape index (κ1) is 13.3. The first-order valence-electron chi connectivity index (χ1n) is 6.28. The van der Waals surface area contributed by atoms with Crippen molar-refractivity contribution in [2.75, 3.05) is 5.32 Å². The van der Waals surface area contributed by atoms with E-state index in [9.17, 15) is 4.79 Å². The van der Waals surface area contributed by atoms with Crippen LogP contribution in [0, 0.1) is 0 Å². The van der Waals surface area contributed by atoms with Gasteiger partial charge in [-0.3, -0.25) is 9.48 Å². The van der Waals surface area contributed by atoms with Crippen LogP contribution in [0.15, 0.2) is 30.7 Å². The maximum absolute atomic E-state index is 11.9. The summed E-state index contributed by atoms with van der Waals surface area (Å²) >= 11 is 0. The van der Waals surface area contributed by atoms with E-state index in [0.29, 0.717) is 18.2 Å². The summed E-state index contributed by atoms with van der Waals surface area (Å²) in [5.74, 6) is 0.929. The fourth-order valence-electron chi connectivity index (χ4n) is 1.81. The lowest BCUT2D eigenvalue weighted by atomic mass is 10.1. The second-order valence-electron chi connectivity index (χ2n) is 4.88. The number of aromatic nitrogens is 3. The molecule has 0 saturated carbocycles. The Balaban J connectivity index is 2.00. The van der Waals surface area contributed by atoms with Crippen molar-refractivity contribution in [3.63, 3.8) is 0 Å². The molecule has 0 unspecified atom stereocenters. The molecule has 0 aliphatic heterocycles. The molecule has 0 aliphatic carbocycles. The third kappa shape index (κ3) is 3.64. The number of carbonyl (C=O) groups is 1. The van der Waals surface area contributed by atoms with Gasteiger partial charge in [-0.25, -0.2) is 4.98 Å². The van der Waals surface area contributed by atoms with Crippen LogP contribution in [0.1, 0.15) is 30.9 Å². The van der Waals surface area contributed by atoms with Crippen molar-refractivity contribution in [3.8, 4) is 0 Å². The summed E-state index contributed by atoms with van der Waals surface area (Å²) in [7, 11) is 1.83. The standard InChI is InChI=1S/C14H18N4O/c1-10(2)12-4-5-15-13(7-12)17-14(19)6-11-8-16-18(3)9-11/h4-5,7-10H,6H2,1-3H3,(H,15,17,19). The first-order valence-corrected chi connectivity index (χ1v) is 6.28. The monoisotopic (exact) mass is 258 g/mol. The largest absolute Gasteiger partial charge is 0.310 e. The lowest BCUT2D eigenvalue weighted by Crippen LogP contribution is -2.15. The summed E-state index contributed by atoms with van der Waals surface area (Å²) in [5, 5.41) is 6.84. The molecular weight excluding hydrogens is 240 g/mol. The third-order valence-corrected chi connectivity index (χ3v) is 2.84. The molecule has 1 amide bonds. The van der Waals surface area contributed by atoms with E-state index in [1.54, 1.807) is 17.1 Å². The molecule has 2 aromatic heterocycles. The number of hydrogen-bond donors (Lipinski definition) is 1. The Morgan fingerprint density at radius 2 is 2.26 bits per heavy atom. The van der Waals surface area contributed by atoms with E-state index < -0.39 is 0 Å². The minimum absolute atomic E-state index is 0.0820. The molecule has 0 radical (unpaired) electrons. The summed E-state index contributed by atoms with van der Waals surface area (Å²) in [6.07, 6.45) is 5.55. The number of amides is 1. The van der Waals surface area contributed by atoms with E-state index in [0.717, 1.165) is 11.1 Å². The molecule has 19 heavy (non-hydrogen) atoms. The van der Waals surface area contributed by atoms with Crippen LogP contribution in [0.4, 0.5) is 5.82 Å². The van der Waals surface area contributed by atoms with Crippen LogP contribution in [-0.2, 0) is 18.3 Å². The van der Waals surface area contributed by atoms with Gasteiger partial charge in [0.15, 0.2) is 0 Å². The Hall–Kier alpha value is -2.17. The van der Waals surface area contributed by atoms with Crippen LogP contribution in [0.5, 0.6) is 0 Å². The van der Waals surface area contributed by atoms with E-state index in [-0.39, 0.29) is 5.91 Å². The van der Waals surface area contributed by atoms with Crippen molar-refractivity contribution in [1.82, 2.24) is 14.8 Å². The van der Waals surface area contributed by atoms with Crippen molar-refractivity contribution in [2.45, 2.75) is 26.2 Å². The van der Waals surface area contributed by atoms with Gasteiger partial charge < -0.3 is 5.32 Å². The van der Waals surface area contributed by atoms with Gasteiger partial charge in [0.2, 0.25) is 5.91 Å². The summed E-state index contributed by atoms with van der Waals surface area (Å²) in [5.41, 5.74) is 2.05. The summed E-state index contributed by atoms with van der Waals surface area (Å²) in [4.78, 5) is 16.0. The van der Waals surface area contributed by atoms with Gasteiger partial charge in [0.05, 0.1) is 12.6 Å². The third-order valence-electron chi connectivity index (χ3n) is 2.84. The van der Waals surface area contributed by atoms with Gasteiger partial charge in [-0.15, -0.1) is 0 Å². The van der Waals surface area contributed by atoms with Crippen LogP contribution in [0.3, 0.4) is 0 Å². The smallest absolute Gasteiger partial charge is 0.230 e. The average molecular weight is 258 g/mol. The van der Waals surface area contributed by atoms with E-state index in [1.807, 2.05) is 25.4 Å². The zero-order valence-corrected chi connectivity index (χ0v) is 11.4. The minimum Gasteiger partial charge on any atom is -0.310 e. The van der Waals surface area contributed by atoms with Gasteiger partial charge >= 0.3 is 0 Å². The number of carbonyl (C=O) groups excluding carboxylic acids is 1. The quantitative estimate of drug-likeness (QED) is 0.913. The summed E-state index contributed by atoms with van der Waals surface area (Å²) in [6.45, 7) is 4.22. The fourth-order valence-corrected chi connectivity index (χ4v) is 1.81. The van der Waals surface area contributed by atoms with Crippen LogP contribution in [-0.4, -0.2) is 20.7 Å². The molecule has 0 bridgehead atoms. The van der Waals surface area contributed by atoms with Gasteiger partial charge in [-0.2, -0.15) is 5.10 Å². The number of aryl methyl sites for hydroxylation is 1. The molecular formula is C14H18N4O. The van der Waals surface area contributed by atoms with Gasteiger partial charge in [0, 0.05) is 19.4 Å².